The van der Waals surface area contributed by atoms with Crippen molar-refractivity contribution in [1.29, 1.82) is 0 Å². The van der Waals surface area contributed by atoms with Gasteiger partial charge in [-0.15, -0.1) is 0 Å². The number of aromatic nitrogens is 3. The van der Waals surface area contributed by atoms with Gasteiger partial charge in [0.15, 0.2) is 0 Å². The van der Waals surface area contributed by atoms with Crippen LogP contribution in [-0.4, -0.2) is 56.3 Å². The Bertz CT molecular complexity index is 766. The minimum atomic E-state index is -0.987. The van der Waals surface area contributed by atoms with E-state index >= 15 is 0 Å². The Hall–Kier alpha value is -2.90. The number of carbonyl (C=O) groups excluding carboxylic acids is 1. The van der Waals surface area contributed by atoms with Gasteiger partial charge >= 0.3 is 5.97 Å². The maximum atomic E-state index is 12.7. The molecule has 25 heavy (non-hydrogen) atoms. The molecule has 1 saturated heterocycles. The molecular weight excluding hydrogens is 324 g/mol. The second kappa shape index (κ2) is 7.33. The Balaban J connectivity index is 1.65. The van der Waals surface area contributed by atoms with Gasteiger partial charge < -0.3 is 14.7 Å². The number of carboxylic acid groups (broad SMARTS) is 1. The van der Waals surface area contributed by atoms with Crippen molar-refractivity contribution in [3.05, 3.63) is 41.9 Å². The molecule has 3 heterocycles. The molecule has 0 spiro atoms. The van der Waals surface area contributed by atoms with Gasteiger partial charge in [0.1, 0.15) is 5.56 Å². The molecule has 0 atom stereocenters. The molecule has 1 N–H and O–H groups in total. The zero-order chi connectivity index (χ0) is 17.8. The van der Waals surface area contributed by atoms with Crippen molar-refractivity contribution in [2.75, 3.05) is 19.7 Å². The highest BCUT2D eigenvalue weighted by atomic mass is 16.5. The molecule has 1 fully saturated rings. The number of aromatic carboxylic acids is 1. The molecule has 1 amide bonds. The van der Waals surface area contributed by atoms with Gasteiger partial charge in [0.05, 0.1) is 24.4 Å². The fraction of sp³-hybridized carbons (Fsp3) is 0.412. The number of hydrogen-bond donors (Lipinski definition) is 1. The highest BCUT2D eigenvalue weighted by Gasteiger charge is 2.27. The van der Waals surface area contributed by atoms with Crippen molar-refractivity contribution in [3.8, 4) is 5.88 Å². The number of hydrogen-bond acceptors (Lipinski definition) is 5. The standard InChI is InChI=1S/C17H20N4O4/c1-2-25-15-14(4-3-7-18-15)16(22)20-8-5-13(6-9-20)21-11-12(10-19-21)17(23)24/h3-4,7,10-11,13H,2,5-6,8-9H2,1H3,(H,23,24). The maximum Gasteiger partial charge on any atom is 0.338 e. The molecule has 132 valence electrons. The fourth-order valence-electron chi connectivity index (χ4n) is 2.96. The molecule has 0 aliphatic carbocycles. The van der Waals surface area contributed by atoms with E-state index in [0.717, 1.165) is 12.8 Å². The molecule has 0 saturated carbocycles. The largest absolute Gasteiger partial charge is 0.478 e. The third-order valence-electron chi connectivity index (χ3n) is 4.26. The first-order valence-corrected chi connectivity index (χ1v) is 8.24. The van der Waals surface area contributed by atoms with Crippen molar-refractivity contribution >= 4 is 11.9 Å². The van der Waals surface area contributed by atoms with E-state index in [1.54, 1.807) is 34.1 Å². The van der Waals surface area contributed by atoms with E-state index in [9.17, 15) is 9.59 Å². The van der Waals surface area contributed by atoms with E-state index in [-0.39, 0.29) is 17.5 Å². The third-order valence-corrected chi connectivity index (χ3v) is 4.26. The van der Waals surface area contributed by atoms with Crippen LogP contribution in [0.2, 0.25) is 0 Å². The number of nitrogens with zero attached hydrogens (tertiary/aromatic N) is 4. The first kappa shape index (κ1) is 16.9. The lowest BCUT2D eigenvalue weighted by atomic mass is 10.0. The summed E-state index contributed by atoms with van der Waals surface area (Å²) in [4.78, 5) is 29.6. The summed E-state index contributed by atoms with van der Waals surface area (Å²) in [7, 11) is 0. The predicted octanol–water partition coefficient (Wildman–Crippen LogP) is 1.85. The van der Waals surface area contributed by atoms with Crippen LogP contribution in [0.4, 0.5) is 0 Å². The third kappa shape index (κ3) is 3.62. The number of amides is 1. The average Bonchev–Trinajstić information content (AvgIpc) is 3.12. The predicted molar refractivity (Wildman–Crippen MR) is 88.8 cm³/mol. The van der Waals surface area contributed by atoms with Crippen LogP contribution < -0.4 is 4.74 Å². The molecule has 2 aromatic heterocycles. The van der Waals surface area contributed by atoms with Gasteiger partial charge in [0.2, 0.25) is 5.88 Å². The van der Waals surface area contributed by atoms with Crippen molar-refractivity contribution in [2.45, 2.75) is 25.8 Å². The first-order chi connectivity index (χ1) is 12.1. The molecule has 0 unspecified atom stereocenters. The molecule has 1 aliphatic heterocycles. The summed E-state index contributed by atoms with van der Waals surface area (Å²) >= 11 is 0. The van der Waals surface area contributed by atoms with Gasteiger partial charge in [0, 0.05) is 25.5 Å². The number of rotatable bonds is 5. The highest BCUT2D eigenvalue weighted by molar-refractivity contribution is 5.96. The van der Waals surface area contributed by atoms with E-state index < -0.39 is 5.97 Å². The monoisotopic (exact) mass is 344 g/mol. The van der Waals surface area contributed by atoms with Gasteiger partial charge in [-0.25, -0.2) is 9.78 Å². The van der Waals surface area contributed by atoms with Crippen LogP contribution in [0.3, 0.4) is 0 Å². The second-order valence-electron chi connectivity index (χ2n) is 5.83. The normalized spacial score (nSPS) is 15.2. The number of likely N-dealkylation sites (tertiary alicyclic amines) is 1. The van der Waals surface area contributed by atoms with Crippen LogP contribution in [0, 0.1) is 0 Å². The topological polar surface area (TPSA) is 97.6 Å². The molecule has 8 nitrogen and oxygen atoms in total. The molecule has 3 rings (SSSR count). The van der Waals surface area contributed by atoms with Crippen LogP contribution in [0.5, 0.6) is 5.88 Å². The highest BCUT2D eigenvalue weighted by Crippen LogP contribution is 2.25. The SMILES string of the molecule is CCOc1ncccc1C(=O)N1CCC(n2cc(C(=O)O)cn2)CC1. The minimum Gasteiger partial charge on any atom is -0.478 e. The zero-order valence-electron chi connectivity index (χ0n) is 14.0. The van der Waals surface area contributed by atoms with E-state index in [1.165, 1.54) is 6.20 Å². The van der Waals surface area contributed by atoms with Gasteiger partial charge in [-0.3, -0.25) is 9.48 Å². The number of carboxylic acids is 1. The Morgan fingerprint density at radius 2 is 2.12 bits per heavy atom. The molecule has 1 aliphatic rings. The van der Waals surface area contributed by atoms with Crippen LogP contribution in [-0.2, 0) is 0 Å². The summed E-state index contributed by atoms with van der Waals surface area (Å²) in [6.07, 6.45) is 5.93. The fourth-order valence-corrected chi connectivity index (χ4v) is 2.96. The average molecular weight is 344 g/mol. The lowest BCUT2D eigenvalue weighted by Gasteiger charge is -2.32. The summed E-state index contributed by atoms with van der Waals surface area (Å²) in [5.41, 5.74) is 0.644. The smallest absolute Gasteiger partial charge is 0.338 e. The summed E-state index contributed by atoms with van der Waals surface area (Å²) in [5, 5.41) is 13.1. The Morgan fingerprint density at radius 3 is 2.76 bits per heavy atom. The lowest BCUT2D eigenvalue weighted by Crippen LogP contribution is -2.39. The van der Waals surface area contributed by atoms with E-state index in [1.807, 2.05) is 6.92 Å². The first-order valence-electron chi connectivity index (χ1n) is 8.24. The summed E-state index contributed by atoms with van der Waals surface area (Å²) in [5.74, 6) is -0.726. The molecule has 2 aromatic rings. The van der Waals surface area contributed by atoms with Crippen molar-refractivity contribution in [2.24, 2.45) is 0 Å². The summed E-state index contributed by atoms with van der Waals surface area (Å²) in [6, 6.07) is 3.54. The number of ether oxygens (including phenoxy) is 1. The summed E-state index contributed by atoms with van der Waals surface area (Å²) in [6.45, 7) is 3.45. The molecule has 8 heteroatoms. The second-order valence-corrected chi connectivity index (χ2v) is 5.83. The number of pyridine rings is 1. The van der Waals surface area contributed by atoms with Crippen molar-refractivity contribution < 1.29 is 19.4 Å². The molecule has 0 aromatic carbocycles. The van der Waals surface area contributed by atoms with Gasteiger partial charge in [-0.05, 0) is 31.9 Å². The number of piperidine rings is 1. The van der Waals surface area contributed by atoms with Gasteiger partial charge in [-0.1, -0.05) is 0 Å². The van der Waals surface area contributed by atoms with E-state index in [4.69, 9.17) is 9.84 Å². The maximum absolute atomic E-state index is 12.7. The van der Waals surface area contributed by atoms with E-state index in [0.29, 0.717) is 31.1 Å². The Morgan fingerprint density at radius 1 is 1.36 bits per heavy atom. The summed E-state index contributed by atoms with van der Waals surface area (Å²) < 4.78 is 7.12. The van der Waals surface area contributed by atoms with Crippen LogP contribution in [0.15, 0.2) is 30.7 Å². The number of carbonyl (C=O) groups is 2. The van der Waals surface area contributed by atoms with Gasteiger partial charge in [0.25, 0.3) is 5.91 Å². The molecular formula is C17H20N4O4. The zero-order valence-corrected chi connectivity index (χ0v) is 14.0. The Labute approximate surface area is 145 Å². The van der Waals surface area contributed by atoms with Crippen molar-refractivity contribution in [3.63, 3.8) is 0 Å². The quantitative estimate of drug-likeness (QED) is 0.889. The Kier molecular flexibility index (Phi) is 4.97. The van der Waals surface area contributed by atoms with Gasteiger partial charge in [-0.2, -0.15) is 5.10 Å². The molecule has 0 bridgehead atoms. The van der Waals surface area contributed by atoms with Crippen LogP contribution in [0.25, 0.3) is 0 Å². The molecule has 0 radical (unpaired) electrons. The lowest BCUT2D eigenvalue weighted by molar-refractivity contribution is 0.0683. The van der Waals surface area contributed by atoms with E-state index in [2.05, 4.69) is 10.1 Å². The minimum absolute atomic E-state index is 0.0948. The van der Waals surface area contributed by atoms with Crippen molar-refractivity contribution in [1.82, 2.24) is 19.7 Å². The van der Waals surface area contributed by atoms with Crippen LogP contribution >= 0.6 is 0 Å². The van der Waals surface area contributed by atoms with Crippen LogP contribution in [0.1, 0.15) is 46.5 Å².